The summed E-state index contributed by atoms with van der Waals surface area (Å²) in [4.78, 5) is 13.3. The molecule has 2 aromatic heterocycles. The number of anilines is 6. The van der Waals surface area contributed by atoms with Gasteiger partial charge in [0.2, 0.25) is 0 Å². The van der Waals surface area contributed by atoms with Crippen LogP contribution in [0.3, 0.4) is 0 Å². The van der Waals surface area contributed by atoms with Gasteiger partial charge in [0.1, 0.15) is 0 Å². The zero-order chi connectivity index (χ0) is 52.8. The van der Waals surface area contributed by atoms with Crippen molar-refractivity contribution < 1.29 is 0 Å². The van der Waals surface area contributed by atoms with E-state index >= 15 is 0 Å². The molecule has 0 atom stereocenters. The standard InChI is InChI=1S/C73H62N4/c1-47-9-21-53(22-10-47)76(55-33-37-74-38-34-55)57-25-31-63-61-29-19-51(43-67(61)72(5,6)69(63)45-57)15-13-49-17-27-59-60-28-18-50(42-66(60)71(3,4)65(59)41-49)14-16-52-20-30-62-64-32-26-58(46-70(64)73(7,8)68(62)44-52)77(56-35-39-75-40-36-56)54-23-11-48(2)12-24-54/h9-46H,1-8H3. The van der Waals surface area contributed by atoms with Gasteiger partial charge in [0.25, 0.3) is 0 Å². The topological polar surface area (TPSA) is 32.3 Å². The summed E-state index contributed by atoms with van der Waals surface area (Å²) in [6.07, 6.45) is 16.6. The van der Waals surface area contributed by atoms with Crippen molar-refractivity contribution in [2.75, 3.05) is 9.80 Å². The third-order valence-electron chi connectivity index (χ3n) is 17.0. The van der Waals surface area contributed by atoms with Crippen molar-refractivity contribution in [3.8, 4) is 33.4 Å². The van der Waals surface area contributed by atoms with Gasteiger partial charge in [-0.25, -0.2) is 0 Å². The lowest BCUT2D eigenvalue weighted by molar-refractivity contribution is 0.660. The highest BCUT2D eigenvalue weighted by Gasteiger charge is 2.39. The lowest BCUT2D eigenvalue weighted by atomic mass is 9.81. The number of hydrogen-bond donors (Lipinski definition) is 0. The predicted octanol–water partition coefficient (Wildman–Crippen LogP) is 19.3. The highest BCUT2D eigenvalue weighted by Crippen LogP contribution is 2.54. The molecule has 8 aromatic carbocycles. The highest BCUT2D eigenvalue weighted by atomic mass is 15.1. The minimum atomic E-state index is -0.178. The zero-order valence-corrected chi connectivity index (χ0v) is 45.2. The van der Waals surface area contributed by atoms with E-state index in [0.29, 0.717) is 0 Å². The monoisotopic (exact) mass is 994 g/mol. The van der Waals surface area contributed by atoms with E-state index in [-0.39, 0.29) is 16.2 Å². The quantitative estimate of drug-likeness (QED) is 0.128. The summed E-state index contributed by atoms with van der Waals surface area (Å²) < 4.78 is 0. The largest absolute Gasteiger partial charge is 0.310 e. The maximum absolute atomic E-state index is 4.32. The van der Waals surface area contributed by atoms with Crippen LogP contribution < -0.4 is 9.80 Å². The molecule has 0 radical (unpaired) electrons. The van der Waals surface area contributed by atoms with Gasteiger partial charge in [-0.2, -0.15) is 0 Å². The maximum atomic E-state index is 4.32. The SMILES string of the molecule is Cc1ccc(N(c2ccncc2)c2ccc3c(c2)C(C)(C)c2cc(C=Cc4ccc5c(c4)C(C)(C)c4cc(C=Cc6ccc7c(c6)C(C)(C)c6cc(N(c8ccncc8)c8ccc(C)cc8)ccc6-7)ccc4-5)ccc2-3)cc1. The summed E-state index contributed by atoms with van der Waals surface area (Å²) in [5.41, 5.74) is 29.5. The fourth-order valence-corrected chi connectivity index (χ4v) is 12.6. The molecule has 77 heavy (non-hydrogen) atoms. The van der Waals surface area contributed by atoms with Gasteiger partial charge in [0.15, 0.2) is 0 Å². The molecule has 0 aliphatic heterocycles. The first-order chi connectivity index (χ1) is 37.2. The summed E-state index contributed by atoms with van der Waals surface area (Å²) in [7, 11) is 0. The summed E-state index contributed by atoms with van der Waals surface area (Å²) in [5, 5.41) is 0. The van der Waals surface area contributed by atoms with Crippen LogP contribution >= 0.6 is 0 Å². The molecule has 2 heterocycles. The van der Waals surface area contributed by atoms with E-state index < -0.39 is 0 Å². The lowest BCUT2D eigenvalue weighted by Gasteiger charge is -2.28. The molecule has 10 aromatic rings. The highest BCUT2D eigenvalue weighted by molar-refractivity contribution is 5.90. The average molecular weight is 995 g/mol. The van der Waals surface area contributed by atoms with Crippen molar-refractivity contribution in [1.82, 2.24) is 9.97 Å². The molecule has 3 aliphatic carbocycles. The second-order valence-corrected chi connectivity index (χ2v) is 23.0. The van der Waals surface area contributed by atoms with Gasteiger partial charge in [-0.05, 0) is 176 Å². The lowest BCUT2D eigenvalue weighted by Crippen LogP contribution is -2.16. The van der Waals surface area contributed by atoms with Crippen LogP contribution in [0.25, 0.3) is 57.7 Å². The number of rotatable bonds is 10. The number of benzene rings is 8. The van der Waals surface area contributed by atoms with E-state index in [1.807, 2.05) is 24.8 Å². The Morgan fingerprint density at radius 3 is 0.792 bits per heavy atom. The Bertz CT molecular complexity index is 3750. The van der Waals surface area contributed by atoms with E-state index in [4.69, 9.17) is 0 Å². The first kappa shape index (κ1) is 47.8. The first-order valence-corrected chi connectivity index (χ1v) is 27.0. The molecule has 3 aliphatic rings. The summed E-state index contributed by atoms with van der Waals surface area (Å²) >= 11 is 0. The molecule has 374 valence electrons. The second-order valence-electron chi connectivity index (χ2n) is 23.0. The van der Waals surface area contributed by atoms with Crippen LogP contribution in [0.5, 0.6) is 0 Å². The van der Waals surface area contributed by atoms with Gasteiger partial charge in [-0.1, -0.05) is 186 Å². The molecule has 4 heteroatoms. The van der Waals surface area contributed by atoms with Crippen LogP contribution in [-0.2, 0) is 16.2 Å². The van der Waals surface area contributed by atoms with Gasteiger partial charge < -0.3 is 9.80 Å². The molecule has 0 unspecified atom stereocenters. The molecule has 0 saturated heterocycles. The molecule has 0 bridgehead atoms. The van der Waals surface area contributed by atoms with Crippen LogP contribution in [-0.4, -0.2) is 9.97 Å². The summed E-state index contributed by atoms with van der Waals surface area (Å²) in [5.74, 6) is 0. The van der Waals surface area contributed by atoms with Crippen molar-refractivity contribution in [3.05, 3.63) is 274 Å². The Hall–Kier alpha value is -8.86. The fourth-order valence-electron chi connectivity index (χ4n) is 12.6. The number of nitrogens with zero attached hydrogens (tertiary/aromatic N) is 4. The molecular weight excluding hydrogens is 933 g/mol. The Kier molecular flexibility index (Phi) is 11.3. The number of pyridine rings is 2. The second kappa shape index (κ2) is 18.2. The minimum absolute atomic E-state index is 0.151. The molecule has 13 rings (SSSR count). The van der Waals surface area contributed by atoms with Crippen LogP contribution in [0, 0.1) is 13.8 Å². The first-order valence-electron chi connectivity index (χ1n) is 27.0. The van der Waals surface area contributed by atoms with Crippen molar-refractivity contribution in [2.24, 2.45) is 0 Å². The van der Waals surface area contributed by atoms with Crippen molar-refractivity contribution in [1.29, 1.82) is 0 Å². The smallest absolute Gasteiger partial charge is 0.0492 e. The van der Waals surface area contributed by atoms with E-state index in [1.165, 1.54) is 100 Å². The average Bonchev–Trinajstić information content (AvgIpc) is 4.18. The molecule has 0 spiro atoms. The normalized spacial score (nSPS) is 14.7. The zero-order valence-electron chi connectivity index (χ0n) is 45.2. The minimum Gasteiger partial charge on any atom is -0.310 e. The molecule has 4 nitrogen and oxygen atoms in total. The van der Waals surface area contributed by atoms with Crippen LogP contribution in [0.4, 0.5) is 34.1 Å². The van der Waals surface area contributed by atoms with E-state index in [2.05, 4.69) is 281 Å². The maximum Gasteiger partial charge on any atom is 0.0492 e. The third kappa shape index (κ3) is 8.13. The predicted molar refractivity (Wildman–Crippen MR) is 324 cm³/mol. The fraction of sp³-hybridized carbons (Fsp3) is 0.151. The van der Waals surface area contributed by atoms with Gasteiger partial charge in [0.05, 0.1) is 0 Å². The van der Waals surface area contributed by atoms with Crippen LogP contribution in [0.1, 0.15) is 108 Å². The van der Waals surface area contributed by atoms with Crippen molar-refractivity contribution in [2.45, 2.75) is 71.6 Å². The summed E-state index contributed by atoms with van der Waals surface area (Å²) in [6, 6.07) is 67.8. The van der Waals surface area contributed by atoms with Gasteiger partial charge in [-0.15, -0.1) is 0 Å². The Morgan fingerprint density at radius 1 is 0.273 bits per heavy atom. The number of fused-ring (bicyclic) bond motifs is 9. The molecule has 0 N–H and O–H groups in total. The number of aryl methyl sites for hydroxylation is 2. The van der Waals surface area contributed by atoms with Crippen LogP contribution in [0.15, 0.2) is 207 Å². The molecular formula is C73H62N4. The van der Waals surface area contributed by atoms with E-state index in [1.54, 1.807) is 0 Å². The van der Waals surface area contributed by atoms with E-state index in [0.717, 1.165) is 34.1 Å². The molecule has 0 fully saturated rings. The summed E-state index contributed by atoms with van der Waals surface area (Å²) in [6.45, 7) is 18.5. The van der Waals surface area contributed by atoms with Gasteiger partial charge >= 0.3 is 0 Å². The van der Waals surface area contributed by atoms with Gasteiger partial charge in [0, 0.05) is 75.2 Å². The molecule has 0 amide bonds. The Morgan fingerprint density at radius 2 is 0.506 bits per heavy atom. The van der Waals surface area contributed by atoms with Gasteiger partial charge in [-0.3, -0.25) is 9.97 Å². The molecule has 0 saturated carbocycles. The van der Waals surface area contributed by atoms with Crippen LogP contribution in [0.2, 0.25) is 0 Å². The number of hydrogen-bond acceptors (Lipinski definition) is 4. The van der Waals surface area contributed by atoms with E-state index in [9.17, 15) is 0 Å². The van der Waals surface area contributed by atoms with Crippen molar-refractivity contribution in [3.63, 3.8) is 0 Å². The van der Waals surface area contributed by atoms with Crippen molar-refractivity contribution >= 4 is 58.4 Å². The Balaban J connectivity index is 0.730. The number of aromatic nitrogens is 2. The third-order valence-corrected chi connectivity index (χ3v) is 17.0. The Labute approximate surface area is 454 Å².